The van der Waals surface area contributed by atoms with Crippen molar-refractivity contribution in [3.05, 3.63) is 17.7 Å². The number of aliphatic hydroxyl groups excluding tert-OH is 1. The van der Waals surface area contributed by atoms with Gasteiger partial charge in [0.15, 0.2) is 0 Å². The lowest BCUT2D eigenvalue weighted by Gasteiger charge is -2.10. The second kappa shape index (κ2) is 4.13. The summed E-state index contributed by atoms with van der Waals surface area (Å²) in [5.41, 5.74) is 1.35. The molecule has 0 spiro atoms. The van der Waals surface area contributed by atoms with Gasteiger partial charge in [0.05, 0.1) is 6.61 Å². The van der Waals surface area contributed by atoms with E-state index < -0.39 is 0 Å². The third-order valence-corrected chi connectivity index (χ3v) is 3.23. The first kappa shape index (κ1) is 9.71. The Morgan fingerprint density at radius 2 is 2.21 bits per heavy atom. The van der Waals surface area contributed by atoms with Gasteiger partial charge < -0.3 is 9.67 Å². The van der Waals surface area contributed by atoms with Gasteiger partial charge in [0.2, 0.25) is 0 Å². The van der Waals surface area contributed by atoms with Gasteiger partial charge in [-0.3, -0.25) is 0 Å². The van der Waals surface area contributed by atoms with Crippen LogP contribution in [-0.2, 0) is 13.5 Å². The average Bonchev–Trinajstić information content (AvgIpc) is 2.77. The van der Waals surface area contributed by atoms with E-state index in [9.17, 15) is 0 Å². The summed E-state index contributed by atoms with van der Waals surface area (Å²) in [6, 6.07) is 0. The zero-order chi connectivity index (χ0) is 9.97. The number of rotatable bonds is 3. The Hall–Kier alpha value is -0.830. The number of hydrogen-bond donors (Lipinski definition) is 1. The Bertz CT molecular complexity index is 300. The summed E-state index contributed by atoms with van der Waals surface area (Å²) in [7, 11) is 2.06. The molecular weight excluding hydrogens is 176 g/mol. The summed E-state index contributed by atoms with van der Waals surface area (Å²) in [5.74, 6) is 1.72. The van der Waals surface area contributed by atoms with Gasteiger partial charge in [-0.25, -0.2) is 4.98 Å². The molecule has 14 heavy (non-hydrogen) atoms. The first-order valence-corrected chi connectivity index (χ1v) is 5.44. The van der Waals surface area contributed by atoms with E-state index in [0.29, 0.717) is 12.3 Å². The molecule has 0 aliphatic heterocycles. The highest BCUT2D eigenvalue weighted by Gasteiger charge is 2.20. The molecule has 0 unspecified atom stereocenters. The predicted octanol–water partition coefficient (Wildman–Crippen LogP) is 1.61. The molecule has 1 aromatic heterocycles. The van der Waals surface area contributed by atoms with Crippen LogP contribution in [0.2, 0.25) is 0 Å². The van der Waals surface area contributed by atoms with E-state index >= 15 is 0 Å². The van der Waals surface area contributed by atoms with Crippen LogP contribution >= 0.6 is 0 Å². The van der Waals surface area contributed by atoms with Crippen molar-refractivity contribution in [3.63, 3.8) is 0 Å². The Morgan fingerprint density at radius 3 is 2.86 bits per heavy atom. The molecule has 1 aromatic rings. The summed E-state index contributed by atoms with van der Waals surface area (Å²) < 4.78 is 2.16. The molecule has 1 fully saturated rings. The molecule has 3 heteroatoms. The molecule has 0 bridgehead atoms. The Morgan fingerprint density at radius 1 is 1.50 bits per heavy atom. The van der Waals surface area contributed by atoms with E-state index in [2.05, 4.69) is 16.6 Å². The number of imidazole rings is 1. The van der Waals surface area contributed by atoms with E-state index in [-0.39, 0.29) is 6.61 Å². The minimum atomic E-state index is 0.189. The average molecular weight is 194 g/mol. The summed E-state index contributed by atoms with van der Waals surface area (Å²) in [4.78, 5) is 4.35. The summed E-state index contributed by atoms with van der Waals surface area (Å²) >= 11 is 0. The van der Waals surface area contributed by atoms with Crippen LogP contribution in [0.15, 0.2) is 6.20 Å². The zero-order valence-electron chi connectivity index (χ0n) is 8.74. The number of nitrogens with zero attached hydrogens (tertiary/aromatic N) is 2. The zero-order valence-corrected chi connectivity index (χ0v) is 8.74. The maximum absolute atomic E-state index is 8.87. The minimum absolute atomic E-state index is 0.189. The van der Waals surface area contributed by atoms with Crippen LogP contribution in [0.5, 0.6) is 0 Å². The van der Waals surface area contributed by atoms with Crippen molar-refractivity contribution in [2.75, 3.05) is 6.61 Å². The predicted molar refractivity (Wildman–Crippen MR) is 55.2 cm³/mol. The molecule has 78 valence electrons. The van der Waals surface area contributed by atoms with Gasteiger partial charge >= 0.3 is 0 Å². The molecule has 0 amide bonds. The quantitative estimate of drug-likeness (QED) is 0.794. The molecule has 2 rings (SSSR count). The highest BCUT2D eigenvalue weighted by molar-refractivity contribution is 5.12. The number of aromatic nitrogens is 2. The second-order valence-corrected chi connectivity index (χ2v) is 4.11. The van der Waals surface area contributed by atoms with Gasteiger partial charge in [-0.15, -0.1) is 0 Å². The van der Waals surface area contributed by atoms with Crippen molar-refractivity contribution in [3.8, 4) is 0 Å². The molecule has 1 N–H and O–H groups in total. The van der Waals surface area contributed by atoms with Crippen LogP contribution in [0.3, 0.4) is 0 Å². The lowest BCUT2D eigenvalue weighted by Crippen LogP contribution is -2.06. The van der Waals surface area contributed by atoms with Gasteiger partial charge in [0, 0.05) is 31.3 Å². The highest BCUT2D eigenvalue weighted by atomic mass is 16.3. The Labute approximate surface area is 84.8 Å². The van der Waals surface area contributed by atoms with Gasteiger partial charge in [-0.2, -0.15) is 0 Å². The monoisotopic (exact) mass is 194 g/mol. The van der Waals surface area contributed by atoms with Gasteiger partial charge in [-0.1, -0.05) is 12.8 Å². The van der Waals surface area contributed by atoms with Crippen molar-refractivity contribution < 1.29 is 5.11 Å². The molecule has 1 heterocycles. The van der Waals surface area contributed by atoms with Crippen molar-refractivity contribution in [2.45, 2.75) is 38.0 Å². The van der Waals surface area contributed by atoms with Crippen molar-refractivity contribution in [1.29, 1.82) is 0 Å². The van der Waals surface area contributed by atoms with Crippen molar-refractivity contribution >= 4 is 0 Å². The molecule has 0 radical (unpaired) electrons. The van der Waals surface area contributed by atoms with Gasteiger partial charge in [0.25, 0.3) is 0 Å². The first-order chi connectivity index (χ1) is 6.83. The fourth-order valence-corrected chi connectivity index (χ4v) is 2.40. The molecule has 3 nitrogen and oxygen atoms in total. The van der Waals surface area contributed by atoms with Crippen LogP contribution < -0.4 is 0 Å². The third-order valence-electron chi connectivity index (χ3n) is 3.23. The topological polar surface area (TPSA) is 38.0 Å². The third kappa shape index (κ3) is 1.69. The Balaban J connectivity index is 2.17. The molecule has 1 aliphatic rings. The summed E-state index contributed by atoms with van der Waals surface area (Å²) in [6.07, 6.45) is 7.97. The smallest absolute Gasteiger partial charge is 0.110 e. The van der Waals surface area contributed by atoms with Crippen LogP contribution in [0, 0.1) is 0 Å². The van der Waals surface area contributed by atoms with Gasteiger partial charge in [-0.05, 0) is 12.8 Å². The molecule has 0 atom stereocenters. The fourth-order valence-electron chi connectivity index (χ4n) is 2.40. The number of aliphatic hydroxyl groups is 1. The summed E-state index contributed by atoms with van der Waals surface area (Å²) in [5, 5.41) is 8.87. The Kier molecular flexibility index (Phi) is 2.87. The summed E-state index contributed by atoms with van der Waals surface area (Å²) in [6.45, 7) is 0.189. The molecule has 1 aliphatic carbocycles. The molecule has 0 aromatic carbocycles. The van der Waals surface area contributed by atoms with E-state index in [4.69, 9.17) is 5.11 Å². The van der Waals surface area contributed by atoms with E-state index in [1.54, 1.807) is 0 Å². The molecule has 1 saturated carbocycles. The van der Waals surface area contributed by atoms with Crippen molar-refractivity contribution in [2.24, 2.45) is 7.05 Å². The molecular formula is C11H18N2O. The van der Waals surface area contributed by atoms with Crippen LogP contribution in [0.1, 0.15) is 43.1 Å². The van der Waals surface area contributed by atoms with E-state index in [0.717, 1.165) is 5.82 Å². The van der Waals surface area contributed by atoms with Gasteiger partial charge in [0.1, 0.15) is 5.82 Å². The first-order valence-electron chi connectivity index (χ1n) is 5.44. The number of hydrogen-bond acceptors (Lipinski definition) is 2. The standard InChI is InChI=1S/C11H18N2O/c1-13-10(9-4-2-3-5-9)8-12-11(13)6-7-14/h8-9,14H,2-7H2,1H3. The fraction of sp³-hybridized carbons (Fsp3) is 0.727. The highest BCUT2D eigenvalue weighted by Crippen LogP contribution is 2.33. The van der Waals surface area contributed by atoms with Crippen molar-refractivity contribution in [1.82, 2.24) is 9.55 Å². The maximum atomic E-state index is 8.87. The lowest BCUT2D eigenvalue weighted by atomic mass is 10.1. The normalized spacial score (nSPS) is 17.9. The van der Waals surface area contributed by atoms with Crippen LogP contribution in [0.25, 0.3) is 0 Å². The van der Waals surface area contributed by atoms with E-state index in [1.807, 2.05) is 6.20 Å². The SMILES string of the molecule is Cn1c(C2CCCC2)cnc1CCO. The largest absolute Gasteiger partial charge is 0.396 e. The molecule has 0 saturated heterocycles. The lowest BCUT2D eigenvalue weighted by molar-refractivity contribution is 0.295. The van der Waals surface area contributed by atoms with E-state index in [1.165, 1.54) is 31.4 Å². The van der Waals surface area contributed by atoms with Crippen LogP contribution in [0.4, 0.5) is 0 Å². The second-order valence-electron chi connectivity index (χ2n) is 4.11. The maximum Gasteiger partial charge on any atom is 0.110 e. The van der Waals surface area contributed by atoms with Crippen LogP contribution in [-0.4, -0.2) is 21.3 Å². The minimum Gasteiger partial charge on any atom is -0.396 e.